The summed E-state index contributed by atoms with van der Waals surface area (Å²) >= 11 is 3.54. The Hall–Kier alpha value is -0.380. The van der Waals surface area contributed by atoms with Crippen molar-refractivity contribution in [3.8, 4) is 0 Å². The van der Waals surface area contributed by atoms with Crippen LogP contribution in [-0.4, -0.2) is 13.1 Å². The lowest BCUT2D eigenvalue weighted by Gasteiger charge is -2.15. The van der Waals surface area contributed by atoms with E-state index in [1.54, 1.807) is 0 Å². The summed E-state index contributed by atoms with van der Waals surface area (Å²) < 4.78 is 1.16. The van der Waals surface area contributed by atoms with E-state index in [-0.39, 0.29) is 0 Å². The van der Waals surface area contributed by atoms with Gasteiger partial charge in [0.1, 0.15) is 0 Å². The van der Waals surface area contributed by atoms with Crippen molar-refractivity contribution in [3.63, 3.8) is 0 Å². The molecule has 3 heteroatoms. The maximum Gasteiger partial charge on any atom is 0.0302 e. The summed E-state index contributed by atoms with van der Waals surface area (Å²) in [5, 5.41) is 3.43. The second kappa shape index (κ2) is 6.17. The molecule has 0 aliphatic carbocycles. The minimum atomic E-state index is 0.372. The van der Waals surface area contributed by atoms with Gasteiger partial charge in [-0.25, -0.2) is 0 Å². The third kappa shape index (κ3) is 3.40. The predicted molar refractivity (Wildman–Crippen MR) is 64.2 cm³/mol. The highest BCUT2D eigenvalue weighted by molar-refractivity contribution is 9.10. The molecule has 78 valence electrons. The minimum Gasteiger partial charge on any atom is -0.330 e. The van der Waals surface area contributed by atoms with E-state index in [1.165, 1.54) is 5.56 Å². The van der Waals surface area contributed by atoms with Gasteiger partial charge in [-0.05, 0) is 38.1 Å². The molecule has 0 saturated heterocycles. The van der Waals surface area contributed by atoms with Gasteiger partial charge in [0.25, 0.3) is 0 Å². The summed E-state index contributed by atoms with van der Waals surface area (Å²) in [6, 6.07) is 8.65. The SMILES string of the molecule is C[C@@H](NCCCN)c1ccccc1Br. The molecule has 0 radical (unpaired) electrons. The summed E-state index contributed by atoms with van der Waals surface area (Å²) in [7, 11) is 0. The molecule has 1 aromatic rings. The van der Waals surface area contributed by atoms with Crippen molar-refractivity contribution < 1.29 is 0 Å². The zero-order chi connectivity index (χ0) is 10.4. The Morgan fingerprint density at radius 2 is 2.14 bits per heavy atom. The van der Waals surface area contributed by atoms with Crippen LogP contribution in [0.1, 0.15) is 24.9 Å². The van der Waals surface area contributed by atoms with Crippen molar-refractivity contribution in [2.45, 2.75) is 19.4 Å². The fourth-order valence-corrected chi connectivity index (χ4v) is 1.99. The number of nitrogens with one attached hydrogen (secondary N) is 1. The lowest BCUT2D eigenvalue weighted by molar-refractivity contribution is 0.560. The predicted octanol–water partition coefficient (Wildman–Crippen LogP) is 2.45. The first-order chi connectivity index (χ1) is 6.75. The largest absolute Gasteiger partial charge is 0.330 e. The van der Waals surface area contributed by atoms with Crippen molar-refractivity contribution in [3.05, 3.63) is 34.3 Å². The summed E-state index contributed by atoms with van der Waals surface area (Å²) in [5.41, 5.74) is 6.73. The Balaban J connectivity index is 2.51. The third-order valence-electron chi connectivity index (χ3n) is 2.20. The Morgan fingerprint density at radius 3 is 2.79 bits per heavy atom. The second-order valence-corrected chi connectivity index (χ2v) is 4.19. The zero-order valence-electron chi connectivity index (χ0n) is 8.46. The Labute approximate surface area is 94.0 Å². The van der Waals surface area contributed by atoms with Gasteiger partial charge in [0, 0.05) is 10.5 Å². The molecule has 1 atom stereocenters. The molecule has 14 heavy (non-hydrogen) atoms. The molecule has 0 saturated carbocycles. The van der Waals surface area contributed by atoms with Crippen LogP contribution in [0, 0.1) is 0 Å². The molecule has 2 nitrogen and oxygen atoms in total. The van der Waals surface area contributed by atoms with Gasteiger partial charge >= 0.3 is 0 Å². The Morgan fingerprint density at radius 1 is 1.43 bits per heavy atom. The molecule has 1 rings (SSSR count). The van der Waals surface area contributed by atoms with Crippen LogP contribution in [0.25, 0.3) is 0 Å². The van der Waals surface area contributed by atoms with Crippen LogP contribution >= 0.6 is 15.9 Å². The fraction of sp³-hybridized carbons (Fsp3) is 0.455. The van der Waals surface area contributed by atoms with Crippen LogP contribution in [0.2, 0.25) is 0 Å². The number of halogens is 1. The van der Waals surface area contributed by atoms with Gasteiger partial charge in [0.2, 0.25) is 0 Å². The van der Waals surface area contributed by atoms with Crippen molar-refractivity contribution >= 4 is 15.9 Å². The summed E-state index contributed by atoms with van der Waals surface area (Å²) in [6.45, 7) is 3.88. The van der Waals surface area contributed by atoms with E-state index in [4.69, 9.17) is 5.73 Å². The molecule has 0 heterocycles. The van der Waals surface area contributed by atoms with Crippen LogP contribution < -0.4 is 11.1 Å². The maximum atomic E-state index is 5.43. The molecule has 0 aliphatic rings. The normalized spacial score (nSPS) is 12.8. The number of rotatable bonds is 5. The molecule has 3 N–H and O–H groups in total. The van der Waals surface area contributed by atoms with Crippen LogP contribution in [0.3, 0.4) is 0 Å². The van der Waals surface area contributed by atoms with Gasteiger partial charge in [-0.15, -0.1) is 0 Å². The van der Waals surface area contributed by atoms with Crippen molar-refractivity contribution in [1.29, 1.82) is 0 Å². The number of benzene rings is 1. The minimum absolute atomic E-state index is 0.372. The topological polar surface area (TPSA) is 38.0 Å². The van der Waals surface area contributed by atoms with Gasteiger partial charge in [-0.3, -0.25) is 0 Å². The lowest BCUT2D eigenvalue weighted by Crippen LogP contribution is -2.22. The standard InChI is InChI=1S/C11H17BrN2/c1-9(14-8-4-7-13)10-5-2-3-6-11(10)12/h2-3,5-6,9,14H,4,7-8,13H2,1H3/t9-/m1/s1. The van der Waals surface area contributed by atoms with Crippen LogP contribution in [-0.2, 0) is 0 Å². The smallest absolute Gasteiger partial charge is 0.0302 e. The van der Waals surface area contributed by atoms with Crippen LogP contribution in [0.5, 0.6) is 0 Å². The number of nitrogens with two attached hydrogens (primary N) is 1. The van der Waals surface area contributed by atoms with E-state index in [1.807, 2.05) is 6.07 Å². The molecule has 0 amide bonds. The molecule has 0 fully saturated rings. The highest BCUT2D eigenvalue weighted by Crippen LogP contribution is 2.22. The maximum absolute atomic E-state index is 5.43. The quantitative estimate of drug-likeness (QED) is 0.795. The molecular weight excluding hydrogens is 240 g/mol. The van der Waals surface area contributed by atoms with Crippen molar-refractivity contribution in [2.24, 2.45) is 5.73 Å². The number of hydrogen-bond donors (Lipinski definition) is 2. The molecule has 0 aromatic heterocycles. The van der Waals surface area contributed by atoms with Gasteiger partial charge in [0.05, 0.1) is 0 Å². The highest BCUT2D eigenvalue weighted by Gasteiger charge is 2.06. The van der Waals surface area contributed by atoms with Gasteiger partial charge in [-0.2, -0.15) is 0 Å². The van der Waals surface area contributed by atoms with Gasteiger partial charge in [-0.1, -0.05) is 34.1 Å². The first kappa shape index (κ1) is 11.7. The summed E-state index contributed by atoms with van der Waals surface area (Å²) in [4.78, 5) is 0. The monoisotopic (exact) mass is 256 g/mol. The Kier molecular flexibility index (Phi) is 5.15. The van der Waals surface area contributed by atoms with Crippen LogP contribution in [0.4, 0.5) is 0 Å². The van der Waals surface area contributed by atoms with E-state index in [0.717, 1.165) is 24.0 Å². The average molecular weight is 257 g/mol. The second-order valence-electron chi connectivity index (χ2n) is 3.34. The molecule has 0 unspecified atom stereocenters. The summed E-state index contributed by atoms with van der Waals surface area (Å²) in [6.07, 6.45) is 1.02. The first-order valence-corrected chi connectivity index (χ1v) is 5.73. The van der Waals surface area contributed by atoms with E-state index in [0.29, 0.717) is 6.04 Å². The van der Waals surface area contributed by atoms with Crippen LogP contribution in [0.15, 0.2) is 28.7 Å². The first-order valence-electron chi connectivity index (χ1n) is 4.93. The highest BCUT2D eigenvalue weighted by atomic mass is 79.9. The molecule has 0 bridgehead atoms. The molecule has 0 spiro atoms. The van der Waals surface area contributed by atoms with E-state index in [2.05, 4.69) is 46.4 Å². The third-order valence-corrected chi connectivity index (χ3v) is 2.93. The van der Waals surface area contributed by atoms with Gasteiger partial charge < -0.3 is 11.1 Å². The number of hydrogen-bond acceptors (Lipinski definition) is 2. The van der Waals surface area contributed by atoms with E-state index >= 15 is 0 Å². The van der Waals surface area contributed by atoms with Crippen molar-refractivity contribution in [1.82, 2.24) is 5.32 Å². The van der Waals surface area contributed by atoms with E-state index in [9.17, 15) is 0 Å². The van der Waals surface area contributed by atoms with E-state index < -0.39 is 0 Å². The Bertz CT molecular complexity index is 276. The average Bonchev–Trinajstić information content (AvgIpc) is 2.18. The lowest BCUT2D eigenvalue weighted by atomic mass is 10.1. The zero-order valence-corrected chi connectivity index (χ0v) is 10.0. The van der Waals surface area contributed by atoms with Crippen molar-refractivity contribution in [2.75, 3.05) is 13.1 Å². The fourth-order valence-electron chi connectivity index (χ4n) is 1.36. The van der Waals surface area contributed by atoms with Gasteiger partial charge in [0.15, 0.2) is 0 Å². The summed E-state index contributed by atoms with van der Waals surface area (Å²) in [5.74, 6) is 0. The molecule has 1 aromatic carbocycles. The molecule has 0 aliphatic heterocycles. The molecular formula is C11H17BrN2.